The molecule has 4 aliphatic rings. The smallest absolute Gasteiger partial charge is 0.264 e. The number of unbranched alkanes of at least 4 members (excludes halogenated alkanes) is 1. The average molecular weight is 422 g/mol. The van der Waals surface area contributed by atoms with Crippen molar-refractivity contribution in [1.29, 1.82) is 0 Å². The lowest BCUT2D eigenvalue weighted by Crippen LogP contribution is -2.32. The van der Waals surface area contributed by atoms with Crippen molar-refractivity contribution in [3.05, 3.63) is 34.9 Å². The first-order valence-corrected chi connectivity index (χ1v) is 12.6. The normalized spacial score (nSPS) is 29.1. The molecule has 3 atom stereocenters. The monoisotopic (exact) mass is 421 g/mol. The molecule has 1 saturated carbocycles. The van der Waals surface area contributed by atoms with E-state index >= 15 is 0 Å². The Balaban J connectivity index is 1.53. The van der Waals surface area contributed by atoms with Crippen LogP contribution >= 0.6 is 0 Å². The third-order valence-electron chi connectivity index (χ3n) is 7.47. The van der Waals surface area contributed by atoms with Gasteiger partial charge in [-0.3, -0.25) is 14.8 Å². The van der Waals surface area contributed by atoms with Crippen molar-refractivity contribution in [2.24, 2.45) is 21.8 Å². The molecule has 2 aliphatic heterocycles. The molecule has 0 spiro atoms. The zero-order chi connectivity index (χ0) is 21.6. The standard InChI is InChI=1S/C27H39N3O/c1-3-4-9-22-17-21-13-12-20(2)16-24(25(21)18-28-22)23-10-5-6-11-26(23)29-19-27(31)30-14-7-8-15-30/h12,16-17,19,23,25-26H,3-11,13-15,18H2,1-2H3/b29-19-. The molecule has 168 valence electrons. The van der Waals surface area contributed by atoms with Crippen LogP contribution < -0.4 is 0 Å². The lowest BCUT2D eigenvalue weighted by atomic mass is 9.72. The number of hydrogen-bond donors (Lipinski definition) is 0. The molecule has 0 aromatic rings. The summed E-state index contributed by atoms with van der Waals surface area (Å²) in [6, 6.07) is 0.226. The summed E-state index contributed by atoms with van der Waals surface area (Å²) in [6.07, 6.45) is 20.4. The minimum Gasteiger partial charge on any atom is -0.338 e. The maximum atomic E-state index is 12.6. The molecule has 0 N–H and O–H groups in total. The van der Waals surface area contributed by atoms with Crippen molar-refractivity contribution in [2.45, 2.75) is 84.1 Å². The Morgan fingerprint density at radius 2 is 2.00 bits per heavy atom. The van der Waals surface area contributed by atoms with Gasteiger partial charge in [0, 0.05) is 37.2 Å². The minimum atomic E-state index is 0.108. The first kappa shape index (κ1) is 22.2. The SMILES string of the molecule is CCCCC1=NCC2C(=C1)CC=C(C)C=C2C1CCCCC1/N=C\C(=O)N1CCCC1. The summed E-state index contributed by atoms with van der Waals surface area (Å²) >= 11 is 0. The van der Waals surface area contributed by atoms with E-state index in [1.54, 1.807) is 6.21 Å². The molecule has 1 amide bonds. The van der Waals surface area contributed by atoms with E-state index < -0.39 is 0 Å². The number of rotatable bonds is 6. The van der Waals surface area contributed by atoms with Gasteiger partial charge in [0.05, 0.1) is 12.3 Å². The highest BCUT2D eigenvalue weighted by atomic mass is 16.2. The van der Waals surface area contributed by atoms with Crippen LogP contribution in [0.25, 0.3) is 0 Å². The fourth-order valence-electron chi connectivity index (χ4n) is 5.64. The maximum Gasteiger partial charge on any atom is 0.264 e. The van der Waals surface area contributed by atoms with E-state index in [2.05, 4.69) is 32.1 Å². The van der Waals surface area contributed by atoms with E-state index in [9.17, 15) is 4.79 Å². The Hall–Kier alpha value is -1.97. The van der Waals surface area contributed by atoms with Gasteiger partial charge in [-0.2, -0.15) is 0 Å². The zero-order valence-corrected chi connectivity index (χ0v) is 19.5. The molecule has 4 nitrogen and oxygen atoms in total. The third kappa shape index (κ3) is 5.45. The molecule has 3 unspecified atom stereocenters. The predicted molar refractivity (Wildman–Crippen MR) is 130 cm³/mol. The number of aliphatic imine (C=N–C) groups is 2. The summed E-state index contributed by atoms with van der Waals surface area (Å²) in [5, 5.41) is 0. The number of allylic oxidation sites excluding steroid dienone is 4. The van der Waals surface area contributed by atoms with E-state index in [0.29, 0.717) is 11.8 Å². The third-order valence-corrected chi connectivity index (χ3v) is 7.47. The Labute approximate surface area is 188 Å². The van der Waals surface area contributed by atoms with Crippen molar-refractivity contribution in [1.82, 2.24) is 4.90 Å². The van der Waals surface area contributed by atoms with Gasteiger partial charge in [0.2, 0.25) is 0 Å². The van der Waals surface area contributed by atoms with Gasteiger partial charge in [-0.05, 0) is 57.9 Å². The van der Waals surface area contributed by atoms with Gasteiger partial charge in [-0.15, -0.1) is 0 Å². The second kappa shape index (κ2) is 10.6. The van der Waals surface area contributed by atoms with Crippen LogP contribution in [0.15, 0.2) is 44.9 Å². The summed E-state index contributed by atoms with van der Waals surface area (Å²) < 4.78 is 0. The number of carbonyl (C=O) groups excluding carboxylic acids is 1. The quantitative estimate of drug-likeness (QED) is 0.507. The number of dihydropyridines is 1. The second-order valence-electron chi connectivity index (χ2n) is 9.77. The molecule has 0 aromatic carbocycles. The van der Waals surface area contributed by atoms with E-state index in [-0.39, 0.29) is 11.9 Å². The molecule has 4 rings (SSSR count). The van der Waals surface area contributed by atoms with Crippen LogP contribution in [0.5, 0.6) is 0 Å². The minimum absolute atomic E-state index is 0.108. The van der Waals surface area contributed by atoms with E-state index in [0.717, 1.165) is 51.7 Å². The molecule has 2 fully saturated rings. The highest BCUT2D eigenvalue weighted by Gasteiger charge is 2.34. The van der Waals surface area contributed by atoms with Crippen molar-refractivity contribution in [2.75, 3.05) is 19.6 Å². The molecule has 0 radical (unpaired) electrons. The van der Waals surface area contributed by atoms with Crippen LogP contribution in [0, 0.1) is 11.8 Å². The van der Waals surface area contributed by atoms with Gasteiger partial charge >= 0.3 is 0 Å². The number of fused-ring (bicyclic) bond motifs is 1. The molecule has 2 aliphatic carbocycles. The number of nitrogens with zero attached hydrogens (tertiary/aromatic N) is 3. The number of hydrogen-bond acceptors (Lipinski definition) is 3. The van der Waals surface area contributed by atoms with Crippen LogP contribution in [-0.2, 0) is 4.79 Å². The summed E-state index contributed by atoms with van der Waals surface area (Å²) in [5.41, 5.74) is 5.70. The van der Waals surface area contributed by atoms with Gasteiger partial charge in [0.25, 0.3) is 5.91 Å². The Bertz CT molecular complexity index is 810. The summed E-state index contributed by atoms with van der Waals surface area (Å²) in [5.74, 6) is 0.948. The van der Waals surface area contributed by atoms with Gasteiger partial charge in [0.1, 0.15) is 0 Å². The Morgan fingerprint density at radius 3 is 2.81 bits per heavy atom. The molecule has 1 saturated heterocycles. The predicted octanol–water partition coefficient (Wildman–Crippen LogP) is 5.70. The van der Waals surface area contributed by atoms with Crippen LogP contribution in [0.4, 0.5) is 0 Å². The average Bonchev–Trinajstić information content (AvgIpc) is 3.28. The summed E-state index contributed by atoms with van der Waals surface area (Å²) in [6.45, 7) is 7.15. The van der Waals surface area contributed by atoms with Crippen LogP contribution in [0.1, 0.15) is 78.1 Å². The fourth-order valence-corrected chi connectivity index (χ4v) is 5.64. The molecule has 0 bridgehead atoms. The van der Waals surface area contributed by atoms with Crippen molar-refractivity contribution in [3.63, 3.8) is 0 Å². The fraction of sp³-hybridized carbons (Fsp3) is 0.667. The lowest BCUT2D eigenvalue weighted by Gasteiger charge is -2.36. The molecule has 0 aromatic heterocycles. The Kier molecular flexibility index (Phi) is 7.58. The molecule has 4 heteroatoms. The zero-order valence-electron chi connectivity index (χ0n) is 19.5. The highest BCUT2D eigenvalue weighted by molar-refractivity contribution is 6.26. The highest BCUT2D eigenvalue weighted by Crippen LogP contribution is 2.42. The summed E-state index contributed by atoms with van der Waals surface area (Å²) in [7, 11) is 0. The van der Waals surface area contributed by atoms with Gasteiger partial charge in [-0.25, -0.2) is 0 Å². The van der Waals surface area contributed by atoms with Gasteiger partial charge in [0.15, 0.2) is 0 Å². The van der Waals surface area contributed by atoms with Crippen molar-refractivity contribution >= 4 is 17.8 Å². The largest absolute Gasteiger partial charge is 0.338 e. The van der Waals surface area contributed by atoms with Gasteiger partial charge < -0.3 is 4.90 Å². The molecule has 2 heterocycles. The van der Waals surface area contributed by atoms with Gasteiger partial charge in [-0.1, -0.05) is 55.1 Å². The van der Waals surface area contributed by atoms with E-state index in [4.69, 9.17) is 9.98 Å². The number of likely N-dealkylation sites (tertiary alicyclic amines) is 1. The van der Waals surface area contributed by atoms with E-state index in [1.165, 1.54) is 54.5 Å². The van der Waals surface area contributed by atoms with Crippen LogP contribution in [0.3, 0.4) is 0 Å². The summed E-state index contributed by atoms with van der Waals surface area (Å²) in [4.78, 5) is 24.4. The van der Waals surface area contributed by atoms with E-state index in [1.807, 2.05) is 4.90 Å². The maximum absolute atomic E-state index is 12.6. The topological polar surface area (TPSA) is 45.0 Å². The van der Waals surface area contributed by atoms with Crippen LogP contribution in [-0.4, -0.2) is 48.4 Å². The lowest BCUT2D eigenvalue weighted by molar-refractivity contribution is -0.122. The first-order chi connectivity index (χ1) is 15.2. The number of carbonyl (C=O) groups is 1. The number of amides is 1. The first-order valence-electron chi connectivity index (χ1n) is 12.6. The molecular weight excluding hydrogens is 382 g/mol. The van der Waals surface area contributed by atoms with Crippen molar-refractivity contribution < 1.29 is 4.79 Å². The van der Waals surface area contributed by atoms with Crippen LogP contribution in [0.2, 0.25) is 0 Å². The molecular formula is C27H39N3O. The molecule has 31 heavy (non-hydrogen) atoms. The van der Waals surface area contributed by atoms with Crippen molar-refractivity contribution in [3.8, 4) is 0 Å². The Morgan fingerprint density at radius 1 is 1.19 bits per heavy atom. The second-order valence-corrected chi connectivity index (χ2v) is 9.77.